The van der Waals surface area contributed by atoms with E-state index in [2.05, 4.69) is 23.5 Å². The van der Waals surface area contributed by atoms with Gasteiger partial charge in [0.1, 0.15) is 11.3 Å². The third kappa shape index (κ3) is 3.17. The number of hydrogen-bond donors (Lipinski definition) is 1. The van der Waals surface area contributed by atoms with Crippen molar-refractivity contribution in [1.29, 1.82) is 0 Å². The average molecular weight is 286 g/mol. The molecule has 0 aliphatic heterocycles. The molecule has 21 heavy (non-hydrogen) atoms. The first kappa shape index (κ1) is 14.3. The molecule has 4 heteroatoms. The summed E-state index contributed by atoms with van der Waals surface area (Å²) in [4.78, 5) is 4.73. The Morgan fingerprint density at radius 1 is 1.19 bits per heavy atom. The number of fused-ring (bicyclic) bond motifs is 1. The van der Waals surface area contributed by atoms with E-state index in [0.29, 0.717) is 12.1 Å². The van der Waals surface area contributed by atoms with Crippen LogP contribution in [0.15, 0.2) is 30.3 Å². The maximum Gasteiger partial charge on any atom is 0.145 e. The minimum Gasteiger partial charge on any atom is -0.494 e. The van der Waals surface area contributed by atoms with Crippen LogP contribution < -0.4 is 10.1 Å². The summed E-state index contributed by atoms with van der Waals surface area (Å²) >= 11 is 0. The van der Waals surface area contributed by atoms with Gasteiger partial charge in [-0.3, -0.25) is 0 Å². The second-order valence-corrected chi connectivity index (χ2v) is 5.58. The molecule has 2 aromatic rings. The molecular formula is C17H22N2O2. The molecule has 0 spiro atoms. The van der Waals surface area contributed by atoms with Crippen molar-refractivity contribution < 1.29 is 9.47 Å². The lowest BCUT2D eigenvalue weighted by molar-refractivity contribution is 0.107. The SMILES string of the molecule is COc1cccc2ccc(CNC3CCC(OC)C3)nc12. The van der Waals surface area contributed by atoms with E-state index in [1.54, 1.807) is 14.2 Å². The second kappa shape index (κ2) is 6.41. The lowest BCUT2D eigenvalue weighted by Crippen LogP contribution is -2.27. The van der Waals surface area contributed by atoms with Crippen molar-refractivity contribution >= 4 is 10.9 Å². The van der Waals surface area contributed by atoms with E-state index >= 15 is 0 Å². The first-order valence-electron chi connectivity index (χ1n) is 7.49. The summed E-state index contributed by atoms with van der Waals surface area (Å²) in [7, 11) is 3.48. The third-order valence-electron chi connectivity index (χ3n) is 4.25. The Balaban J connectivity index is 1.70. The standard InChI is InChI=1S/C17H22N2O2/c1-20-15-9-8-13(10-15)18-11-14-7-6-12-4-3-5-16(21-2)17(12)19-14/h3-7,13,15,18H,8-11H2,1-2H3. The third-order valence-corrected chi connectivity index (χ3v) is 4.25. The molecule has 1 heterocycles. The zero-order chi connectivity index (χ0) is 14.7. The van der Waals surface area contributed by atoms with Crippen LogP contribution >= 0.6 is 0 Å². The van der Waals surface area contributed by atoms with Crippen molar-refractivity contribution in [3.63, 3.8) is 0 Å². The Kier molecular flexibility index (Phi) is 4.36. The molecule has 0 bridgehead atoms. The van der Waals surface area contributed by atoms with Gasteiger partial charge in [-0.25, -0.2) is 4.98 Å². The molecular weight excluding hydrogens is 264 g/mol. The van der Waals surface area contributed by atoms with E-state index in [4.69, 9.17) is 14.5 Å². The molecule has 2 unspecified atom stereocenters. The van der Waals surface area contributed by atoms with Crippen LogP contribution in [0.4, 0.5) is 0 Å². The zero-order valence-electron chi connectivity index (χ0n) is 12.6. The summed E-state index contributed by atoms with van der Waals surface area (Å²) in [5.41, 5.74) is 1.98. The van der Waals surface area contributed by atoms with Crippen LogP contribution in [0.5, 0.6) is 5.75 Å². The average Bonchev–Trinajstić information content (AvgIpc) is 3.00. The van der Waals surface area contributed by atoms with Gasteiger partial charge in [0.2, 0.25) is 0 Å². The number of para-hydroxylation sites is 1. The Morgan fingerprint density at radius 3 is 2.86 bits per heavy atom. The van der Waals surface area contributed by atoms with Crippen LogP contribution in [0.1, 0.15) is 25.0 Å². The molecule has 3 rings (SSSR count). The summed E-state index contributed by atoms with van der Waals surface area (Å²) < 4.78 is 10.8. The normalized spacial score (nSPS) is 21.8. The number of aromatic nitrogens is 1. The minimum atomic E-state index is 0.409. The van der Waals surface area contributed by atoms with Gasteiger partial charge < -0.3 is 14.8 Å². The molecule has 4 nitrogen and oxygen atoms in total. The van der Waals surface area contributed by atoms with Crippen LogP contribution in [0, 0.1) is 0 Å². The van der Waals surface area contributed by atoms with Crippen molar-refractivity contribution in [3.8, 4) is 5.75 Å². The molecule has 1 aromatic heterocycles. The highest BCUT2D eigenvalue weighted by Crippen LogP contribution is 2.24. The summed E-state index contributed by atoms with van der Waals surface area (Å²) in [5, 5.41) is 4.69. The Morgan fingerprint density at radius 2 is 2.10 bits per heavy atom. The molecule has 0 radical (unpaired) electrons. The molecule has 1 aromatic carbocycles. The van der Waals surface area contributed by atoms with Gasteiger partial charge in [0.25, 0.3) is 0 Å². The van der Waals surface area contributed by atoms with E-state index in [-0.39, 0.29) is 0 Å². The summed E-state index contributed by atoms with van der Waals surface area (Å²) in [6.45, 7) is 0.787. The van der Waals surface area contributed by atoms with Crippen LogP contribution in [0.2, 0.25) is 0 Å². The van der Waals surface area contributed by atoms with E-state index < -0.39 is 0 Å². The Labute approximate surface area is 125 Å². The lowest BCUT2D eigenvalue weighted by Gasteiger charge is -2.13. The fourth-order valence-corrected chi connectivity index (χ4v) is 3.01. The summed E-state index contributed by atoms with van der Waals surface area (Å²) in [5.74, 6) is 0.828. The van der Waals surface area contributed by atoms with E-state index in [1.807, 2.05) is 12.1 Å². The Hall–Kier alpha value is -1.65. The minimum absolute atomic E-state index is 0.409. The number of nitrogens with one attached hydrogen (secondary N) is 1. The van der Waals surface area contributed by atoms with Crippen LogP contribution in [-0.4, -0.2) is 31.3 Å². The number of hydrogen-bond acceptors (Lipinski definition) is 4. The Bertz CT molecular complexity index is 615. The molecule has 1 N–H and O–H groups in total. The molecule has 0 saturated heterocycles. The van der Waals surface area contributed by atoms with Crippen molar-refractivity contribution in [2.45, 2.75) is 38.0 Å². The number of methoxy groups -OCH3 is 2. The largest absolute Gasteiger partial charge is 0.494 e. The van der Waals surface area contributed by atoms with Gasteiger partial charge in [-0.15, -0.1) is 0 Å². The highest BCUT2D eigenvalue weighted by Gasteiger charge is 2.23. The zero-order valence-corrected chi connectivity index (χ0v) is 12.6. The van der Waals surface area contributed by atoms with Crippen LogP contribution in [-0.2, 0) is 11.3 Å². The van der Waals surface area contributed by atoms with Gasteiger partial charge in [-0.2, -0.15) is 0 Å². The lowest BCUT2D eigenvalue weighted by atomic mass is 10.2. The molecule has 1 fully saturated rings. The number of nitrogens with zero attached hydrogens (tertiary/aromatic N) is 1. The molecule has 1 aliphatic rings. The first-order valence-corrected chi connectivity index (χ1v) is 7.49. The van der Waals surface area contributed by atoms with Crippen molar-refractivity contribution in [3.05, 3.63) is 36.0 Å². The highest BCUT2D eigenvalue weighted by atomic mass is 16.5. The number of rotatable bonds is 5. The quantitative estimate of drug-likeness (QED) is 0.918. The monoisotopic (exact) mass is 286 g/mol. The fraction of sp³-hybridized carbons (Fsp3) is 0.471. The van der Waals surface area contributed by atoms with E-state index in [0.717, 1.165) is 41.7 Å². The molecule has 1 saturated carbocycles. The summed E-state index contributed by atoms with van der Waals surface area (Å²) in [6, 6.07) is 10.7. The fourth-order valence-electron chi connectivity index (χ4n) is 3.01. The number of ether oxygens (including phenoxy) is 2. The maximum absolute atomic E-state index is 5.41. The van der Waals surface area contributed by atoms with Gasteiger partial charge in [-0.1, -0.05) is 18.2 Å². The predicted molar refractivity (Wildman–Crippen MR) is 83.6 cm³/mol. The molecule has 0 amide bonds. The molecule has 1 aliphatic carbocycles. The topological polar surface area (TPSA) is 43.4 Å². The predicted octanol–water partition coefficient (Wildman–Crippen LogP) is 2.90. The molecule has 112 valence electrons. The van der Waals surface area contributed by atoms with Crippen LogP contribution in [0.3, 0.4) is 0 Å². The van der Waals surface area contributed by atoms with Gasteiger partial charge >= 0.3 is 0 Å². The first-order chi connectivity index (χ1) is 10.3. The smallest absolute Gasteiger partial charge is 0.145 e. The van der Waals surface area contributed by atoms with E-state index in [9.17, 15) is 0 Å². The van der Waals surface area contributed by atoms with Gasteiger partial charge in [0.15, 0.2) is 0 Å². The second-order valence-electron chi connectivity index (χ2n) is 5.58. The van der Waals surface area contributed by atoms with Gasteiger partial charge in [0, 0.05) is 25.1 Å². The number of pyridine rings is 1. The highest BCUT2D eigenvalue weighted by molar-refractivity contribution is 5.84. The summed E-state index contributed by atoms with van der Waals surface area (Å²) in [6.07, 6.45) is 3.82. The maximum atomic E-state index is 5.41. The van der Waals surface area contributed by atoms with Crippen molar-refractivity contribution in [2.75, 3.05) is 14.2 Å². The van der Waals surface area contributed by atoms with Crippen LogP contribution in [0.25, 0.3) is 10.9 Å². The van der Waals surface area contributed by atoms with E-state index in [1.165, 1.54) is 6.42 Å². The number of benzene rings is 1. The van der Waals surface area contributed by atoms with Gasteiger partial charge in [0.05, 0.1) is 18.9 Å². The van der Waals surface area contributed by atoms with Crippen molar-refractivity contribution in [2.24, 2.45) is 0 Å². The molecule has 2 atom stereocenters. The van der Waals surface area contributed by atoms with Gasteiger partial charge in [-0.05, 0) is 31.4 Å². The van der Waals surface area contributed by atoms with Crippen molar-refractivity contribution in [1.82, 2.24) is 10.3 Å².